The van der Waals surface area contributed by atoms with Gasteiger partial charge in [0.1, 0.15) is 5.82 Å². The smallest absolute Gasteiger partial charge is 0.278 e. The van der Waals surface area contributed by atoms with Crippen LogP contribution in [0.4, 0.5) is 0 Å². The number of aromatic nitrogens is 5. The summed E-state index contributed by atoms with van der Waals surface area (Å²) in [5.41, 5.74) is 2.02. The Morgan fingerprint density at radius 3 is 2.77 bits per heavy atom. The average molecular weight is 402 g/mol. The van der Waals surface area contributed by atoms with Gasteiger partial charge in [-0.25, -0.2) is 4.68 Å². The zero-order chi connectivity index (χ0) is 20.5. The molecule has 4 aromatic rings. The summed E-state index contributed by atoms with van der Waals surface area (Å²) in [6.07, 6.45) is 5.58. The van der Waals surface area contributed by atoms with Crippen LogP contribution in [0.5, 0.6) is 5.75 Å². The van der Waals surface area contributed by atoms with Crippen LogP contribution in [0.3, 0.4) is 0 Å². The van der Waals surface area contributed by atoms with Crippen molar-refractivity contribution in [1.29, 1.82) is 0 Å². The van der Waals surface area contributed by atoms with E-state index in [9.17, 15) is 4.79 Å². The number of rotatable bonds is 4. The number of fused-ring (bicyclic) bond motifs is 1. The van der Waals surface area contributed by atoms with Gasteiger partial charge < -0.3 is 9.64 Å². The molecule has 1 aliphatic rings. The van der Waals surface area contributed by atoms with Crippen molar-refractivity contribution in [2.45, 2.75) is 18.8 Å². The minimum Gasteiger partial charge on any atom is -0.493 e. The highest BCUT2D eigenvalue weighted by Crippen LogP contribution is 2.28. The average Bonchev–Trinajstić information content (AvgIpc) is 3.44. The Balaban J connectivity index is 1.42. The van der Waals surface area contributed by atoms with E-state index in [-0.39, 0.29) is 11.8 Å². The molecule has 1 atom stereocenters. The van der Waals surface area contributed by atoms with Crippen LogP contribution >= 0.6 is 0 Å². The molecular formula is C22H22N6O2. The standard InChI is InChI=1S/C22H22N6O2/c1-30-18-15-28(17-9-3-2-4-10-17)25-20(18)22(29)26-12-7-8-16(14-26)21-24-23-19-11-5-6-13-27(19)21/h2-6,9-11,13,15-16H,7-8,12,14H2,1H3. The topological polar surface area (TPSA) is 77.6 Å². The predicted octanol–water partition coefficient (Wildman–Crippen LogP) is 2.94. The molecule has 3 aromatic heterocycles. The second-order valence-corrected chi connectivity index (χ2v) is 7.40. The third kappa shape index (κ3) is 3.20. The van der Waals surface area contributed by atoms with E-state index in [0.29, 0.717) is 24.5 Å². The molecule has 8 nitrogen and oxygen atoms in total. The third-order valence-corrected chi connectivity index (χ3v) is 5.54. The van der Waals surface area contributed by atoms with Crippen molar-refractivity contribution in [3.8, 4) is 11.4 Å². The van der Waals surface area contributed by atoms with E-state index in [4.69, 9.17) is 4.74 Å². The van der Waals surface area contributed by atoms with Gasteiger partial charge >= 0.3 is 0 Å². The first-order valence-corrected chi connectivity index (χ1v) is 10.0. The lowest BCUT2D eigenvalue weighted by atomic mass is 9.97. The quantitative estimate of drug-likeness (QED) is 0.525. The van der Waals surface area contributed by atoms with Crippen LogP contribution in [0.25, 0.3) is 11.3 Å². The number of benzene rings is 1. The molecular weight excluding hydrogens is 380 g/mol. The highest BCUT2D eigenvalue weighted by molar-refractivity contribution is 5.95. The van der Waals surface area contributed by atoms with Crippen LogP contribution in [0, 0.1) is 0 Å². The summed E-state index contributed by atoms with van der Waals surface area (Å²) in [4.78, 5) is 15.2. The Morgan fingerprint density at radius 1 is 1.10 bits per heavy atom. The molecule has 1 saturated heterocycles. The number of para-hydroxylation sites is 1. The van der Waals surface area contributed by atoms with E-state index >= 15 is 0 Å². The van der Waals surface area contributed by atoms with Gasteiger partial charge in [0.05, 0.1) is 19.0 Å². The van der Waals surface area contributed by atoms with Crippen LogP contribution in [0.15, 0.2) is 60.9 Å². The van der Waals surface area contributed by atoms with Crippen molar-refractivity contribution in [3.63, 3.8) is 0 Å². The van der Waals surface area contributed by atoms with Crippen LogP contribution < -0.4 is 4.74 Å². The molecule has 0 radical (unpaired) electrons. The maximum absolute atomic E-state index is 13.3. The Kier molecular flexibility index (Phi) is 4.66. The van der Waals surface area contributed by atoms with E-state index in [2.05, 4.69) is 15.3 Å². The molecule has 152 valence electrons. The molecule has 0 spiro atoms. The van der Waals surface area contributed by atoms with Crippen molar-refractivity contribution in [3.05, 3.63) is 72.4 Å². The summed E-state index contributed by atoms with van der Waals surface area (Å²) in [7, 11) is 1.56. The minimum atomic E-state index is -0.125. The highest BCUT2D eigenvalue weighted by atomic mass is 16.5. The lowest BCUT2D eigenvalue weighted by Crippen LogP contribution is -2.40. The fraction of sp³-hybridized carbons (Fsp3) is 0.273. The van der Waals surface area contributed by atoms with Crippen LogP contribution in [0.1, 0.15) is 35.1 Å². The van der Waals surface area contributed by atoms with E-state index in [1.807, 2.05) is 64.0 Å². The lowest BCUT2D eigenvalue weighted by molar-refractivity contribution is 0.0694. The van der Waals surface area contributed by atoms with Gasteiger partial charge in [0, 0.05) is 25.2 Å². The van der Waals surface area contributed by atoms with Gasteiger partial charge in [0.2, 0.25) is 0 Å². The van der Waals surface area contributed by atoms with Crippen molar-refractivity contribution < 1.29 is 9.53 Å². The number of hydrogen-bond acceptors (Lipinski definition) is 5. The number of nitrogens with zero attached hydrogens (tertiary/aromatic N) is 6. The number of ether oxygens (including phenoxy) is 1. The maximum Gasteiger partial charge on any atom is 0.278 e. The lowest BCUT2D eigenvalue weighted by Gasteiger charge is -2.31. The first-order valence-electron chi connectivity index (χ1n) is 10.0. The summed E-state index contributed by atoms with van der Waals surface area (Å²) in [5, 5.41) is 13.2. The molecule has 1 aliphatic heterocycles. The van der Waals surface area contributed by atoms with Gasteiger partial charge in [0.25, 0.3) is 5.91 Å². The number of likely N-dealkylation sites (tertiary alicyclic amines) is 1. The largest absolute Gasteiger partial charge is 0.493 e. The molecule has 8 heteroatoms. The molecule has 1 aromatic carbocycles. The van der Waals surface area contributed by atoms with Gasteiger partial charge in [-0.1, -0.05) is 24.3 Å². The number of methoxy groups -OCH3 is 1. The number of hydrogen-bond donors (Lipinski definition) is 0. The Labute approximate surface area is 173 Å². The van der Waals surface area contributed by atoms with E-state index in [0.717, 1.165) is 30.0 Å². The number of piperidine rings is 1. The van der Waals surface area contributed by atoms with Crippen molar-refractivity contribution >= 4 is 11.6 Å². The Morgan fingerprint density at radius 2 is 1.93 bits per heavy atom. The van der Waals surface area contributed by atoms with Crippen molar-refractivity contribution in [2.75, 3.05) is 20.2 Å². The summed E-state index contributed by atoms with van der Waals surface area (Å²) in [6.45, 7) is 1.27. The van der Waals surface area contributed by atoms with Crippen molar-refractivity contribution in [2.24, 2.45) is 0 Å². The zero-order valence-corrected chi connectivity index (χ0v) is 16.7. The van der Waals surface area contributed by atoms with Gasteiger partial charge in [0.15, 0.2) is 17.1 Å². The summed E-state index contributed by atoms with van der Waals surface area (Å²) in [5.74, 6) is 1.37. The van der Waals surface area contributed by atoms with Crippen LogP contribution in [-0.4, -0.2) is 55.4 Å². The van der Waals surface area contributed by atoms with Crippen LogP contribution in [0.2, 0.25) is 0 Å². The Bertz CT molecular complexity index is 1180. The summed E-state index contributed by atoms with van der Waals surface area (Å²) < 4.78 is 9.14. The molecule has 5 rings (SSSR count). The van der Waals surface area contributed by atoms with Crippen molar-refractivity contribution in [1.82, 2.24) is 29.3 Å². The molecule has 1 fully saturated rings. The SMILES string of the molecule is COc1cn(-c2ccccc2)nc1C(=O)N1CCCC(c2nnc3ccccn23)C1. The molecule has 1 amide bonds. The molecule has 30 heavy (non-hydrogen) atoms. The first-order chi connectivity index (χ1) is 14.7. The summed E-state index contributed by atoms with van der Waals surface area (Å²) in [6, 6.07) is 15.5. The molecule has 4 heterocycles. The monoisotopic (exact) mass is 402 g/mol. The number of carbonyl (C=O) groups is 1. The van der Waals surface area contributed by atoms with E-state index < -0.39 is 0 Å². The molecule has 0 aliphatic carbocycles. The van der Waals surface area contributed by atoms with E-state index in [1.54, 1.807) is 18.0 Å². The van der Waals surface area contributed by atoms with Crippen LogP contribution in [-0.2, 0) is 0 Å². The molecule has 0 N–H and O–H groups in total. The second kappa shape index (κ2) is 7.62. The highest BCUT2D eigenvalue weighted by Gasteiger charge is 2.31. The Hall–Kier alpha value is -3.68. The van der Waals surface area contributed by atoms with Gasteiger partial charge in [-0.3, -0.25) is 9.20 Å². The molecule has 0 bridgehead atoms. The second-order valence-electron chi connectivity index (χ2n) is 7.40. The molecule has 0 saturated carbocycles. The minimum absolute atomic E-state index is 0.125. The van der Waals surface area contributed by atoms with E-state index in [1.165, 1.54) is 0 Å². The predicted molar refractivity (Wildman–Crippen MR) is 111 cm³/mol. The van der Waals surface area contributed by atoms with Gasteiger partial charge in [-0.2, -0.15) is 5.10 Å². The van der Waals surface area contributed by atoms with Gasteiger partial charge in [-0.15, -0.1) is 10.2 Å². The first kappa shape index (κ1) is 18.4. The molecule has 1 unspecified atom stereocenters. The fourth-order valence-corrected chi connectivity index (χ4v) is 4.03. The number of pyridine rings is 1. The number of amides is 1. The normalized spacial score (nSPS) is 16.7. The fourth-order valence-electron chi connectivity index (χ4n) is 4.03. The maximum atomic E-state index is 13.3. The summed E-state index contributed by atoms with van der Waals surface area (Å²) >= 11 is 0. The zero-order valence-electron chi connectivity index (χ0n) is 16.7. The number of carbonyl (C=O) groups excluding carboxylic acids is 1. The van der Waals surface area contributed by atoms with Gasteiger partial charge in [-0.05, 0) is 37.1 Å². The third-order valence-electron chi connectivity index (χ3n) is 5.54.